The number of halogens is 2. The minimum absolute atomic E-state index is 0.0295. The Hall–Kier alpha value is -1.89. The Labute approximate surface area is 135 Å². The van der Waals surface area contributed by atoms with Crippen LogP contribution in [0.1, 0.15) is 20.7 Å². The van der Waals surface area contributed by atoms with Gasteiger partial charge >= 0.3 is 0 Å². The van der Waals surface area contributed by atoms with E-state index in [0.29, 0.717) is 0 Å². The van der Waals surface area contributed by atoms with Crippen molar-refractivity contribution in [3.05, 3.63) is 47.5 Å². The summed E-state index contributed by atoms with van der Waals surface area (Å²) >= 11 is 10.9. The molecule has 0 atom stereocenters. The van der Waals surface area contributed by atoms with Crippen molar-refractivity contribution in [1.82, 2.24) is 0 Å². The molecule has 3 rings (SSSR count). The molecule has 0 radical (unpaired) electrons. The van der Waals surface area contributed by atoms with Crippen LogP contribution in [-0.4, -0.2) is 18.9 Å². The first kappa shape index (κ1) is 15.0. The fourth-order valence-corrected chi connectivity index (χ4v) is 4.56. The smallest absolute Gasteiger partial charge is 0.253 e. The highest BCUT2D eigenvalue weighted by Gasteiger charge is 2.38. The molecular formula is C14H6Cl2O5S. The van der Waals surface area contributed by atoms with E-state index >= 15 is 0 Å². The van der Waals surface area contributed by atoms with Crippen LogP contribution in [-0.2, 0) is 9.84 Å². The Bertz CT molecular complexity index is 865. The monoisotopic (exact) mass is 356 g/mol. The summed E-state index contributed by atoms with van der Waals surface area (Å²) in [5, 5.41) is -1.88. The summed E-state index contributed by atoms with van der Waals surface area (Å²) in [7, 11) is -4.19. The summed E-state index contributed by atoms with van der Waals surface area (Å²) in [5.41, 5.74) is -0.441. The van der Waals surface area contributed by atoms with E-state index in [9.17, 15) is 18.0 Å². The SMILES string of the molecule is O=C(Cl)c1cccc2c1S(=O)(=O)c1c(cccc1C(=O)Cl)O2. The molecule has 2 aromatic carbocycles. The second kappa shape index (κ2) is 5.08. The summed E-state index contributed by atoms with van der Waals surface area (Å²) in [4.78, 5) is 22.2. The van der Waals surface area contributed by atoms with Gasteiger partial charge < -0.3 is 4.74 Å². The van der Waals surface area contributed by atoms with E-state index in [-0.39, 0.29) is 32.4 Å². The van der Waals surface area contributed by atoms with Crippen LogP contribution in [0.4, 0.5) is 0 Å². The zero-order chi connectivity index (χ0) is 16.1. The number of hydrogen-bond donors (Lipinski definition) is 0. The molecule has 0 N–H and O–H groups in total. The van der Waals surface area contributed by atoms with E-state index in [1.165, 1.54) is 36.4 Å². The van der Waals surface area contributed by atoms with Gasteiger partial charge in [0.25, 0.3) is 10.5 Å². The van der Waals surface area contributed by atoms with Gasteiger partial charge in [0.2, 0.25) is 9.84 Å². The van der Waals surface area contributed by atoms with Gasteiger partial charge in [-0.2, -0.15) is 0 Å². The van der Waals surface area contributed by atoms with Gasteiger partial charge in [0, 0.05) is 0 Å². The number of carbonyl (C=O) groups excluding carboxylic acids is 2. The molecule has 112 valence electrons. The van der Waals surface area contributed by atoms with E-state index < -0.39 is 20.3 Å². The highest BCUT2D eigenvalue weighted by Crippen LogP contribution is 2.45. The van der Waals surface area contributed by atoms with Crippen LogP contribution in [0.2, 0.25) is 0 Å². The van der Waals surface area contributed by atoms with Crippen LogP contribution in [0.15, 0.2) is 46.2 Å². The Kier molecular flexibility index (Phi) is 3.47. The first-order valence-corrected chi connectivity index (χ1v) is 8.16. The van der Waals surface area contributed by atoms with E-state index in [2.05, 4.69) is 0 Å². The van der Waals surface area contributed by atoms with Crippen LogP contribution >= 0.6 is 23.2 Å². The Morgan fingerprint density at radius 1 is 0.818 bits per heavy atom. The number of sulfone groups is 1. The molecule has 0 bridgehead atoms. The van der Waals surface area contributed by atoms with Gasteiger partial charge in [-0.25, -0.2) is 8.42 Å². The number of ether oxygens (including phenoxy) is 1. The first-order valence-electron chi connectivity index (χ1n) is 5.92. The zero-order valence-electron chi connectivity index (χ0n) is 10.7. The highest BCUT2D eigenvalue weighted by atomic mass is 35.5. The molecular weight excluding hydrogens is 351 g/mol. The standard InChI is InChI=1S/C14H6Cl2O5S/c15-13(17)7-3-1-5-9-11(7)22(19,20)12-8(14(16)18)4-2-6-10(12)21-9/h1-6H. The van der Waals surface area contributed by atoms with Crippen molar-refractivity contribution >= 4 is 43.5 Å². The average molecular weight is 357 g/mol. The van der Waals surface area contributed by atoms with E-state index in [4.69, 9.17) is 27.9 Å². The molecule has 0 saturated carbocycles. The normalized spacial score (nSPS) is 14.5. The number of benzene rings is 2. The second-order valence-corrected chi connectivity index (χ2v) is 6.93. The van der Waals surface area contributed by atoms with Crippen LogP contribution in [0.3, 0.4) is 0 Å². The topological polar surface area (TPSA) is 77.5 Å². The van der Waals surface area contributed by atoms with E-state index in [1.807, 2.05) is 0 Å². The molecule has 8 heteroatoms. The van der Waals surface area contributed by atoms with Gasteiger partial charge in [-0.15, -0.1) is 0 Å². The van der Waals surface area contributed by atoms with Crippen LogP contribution in [0.5, 0.6) is 11.5 Å². The fourth-order valence-electron chi connectivity index (χ4n) is 2.28. The van der Waals surface area contributed by atoms with Crippen LogP contribution < -0.4 is 4.74 Å². The van der Waals surface area contributed by atoms with Crippen LogP contribution in [0, 0.1) is 0 Å². The van der Waals surface area contributed by atoms with Gasteiger partial charge in [0.15, 0.2) is 0 Å². The number of hydrogen-bond acceptors (Lipinski definition) is 5. The number of fused-ring (bicyclic) bond motifs is 2. The lowest BCUT2D eigenvalue weighted by Gasteiger charge is -2.22. The molecule has 5 nitrogen and oxygen atoms in total. The van der Waals surface area contributed by atoms with Crippen molar-refractivity contribution in [3.63, 3.8) is 0 Å². The van der Waals surface area contributed by atoms with Gasteiger partial charge in [-0.1, -0.05) is 12.1 Å². The Morgan fingerprint density at radius 2 is 1.23 bits per heavy atom. The minimum Gasteiger partial charge on any atom is -0.455 e. The third-order valence-corrected chi connectivity index (χ3v) is 5.46. The summed E-state index contributed by atoms with van der Waals surface area (Å²) in [6.07, 6.45) is 0. The summed E-state index contributed by atoms with van der Waals surface area (Å²) < 4.78 is 31.2. The van der Waals surface area contributed by atoms with Crippen molar-refractivity contribution in [2.24, 2.45) is 0 Å². The van der Waals surface area contributed by atoms with E-state index in [1.54, 1.807) is 0 Å². The molecule has 0 amide bonds. The van der Waals surface area contributed by atoms with Gasteiger partial charge in [-0.3, -0.25) is 9.59 Å². The third kappa shape index (κ3) is 2.11. The summed E-state index contributed by atoms with van der Waals surface area (Å²) in [6, 6.07) is 8.23. The largest absolute Gasteiger partial charge is 0.455 e. The lowest BCUT2D eigenvalue weighted by Crippen LogP contribution is -2.17. The van der Waals surface area contributed by atoms with Crippen molar-refractivity contribution in [2.45, 2.75) is 9.79 Å². The molecule has 2 aromatic rings. The first-order chi connectivity index (χ1) is 10.3. The molecule has 0 spiro atoms. The van der Waals surface area contributed by atoms with Gasteiger partial charge in [0.05, 0.1) is 11.1 Å². The predicted molar refractivity (Wildman–Crippen MR) is 78.8 cm³/mol. The molecule has 0 saturated heterocycles. The maximum atomic E-state index is 12.8. The summed E-state index contributed by atoms with van der Waals surface area (Å²) in [6.45, 7) is 0. The molecule has 1 aliphatic heterocycles. The van der Waals surface area contributed by atoms with Crippen molar-refractivity contribution in [3.8, 4) is 11.5 Å². The fraction of sp³-hybridized carbons (Fsp3) is 0. The molecule has 0 fully saturated rings. The zero-order valence-corrected chi connectivity index (χ0v) is 13.0. The molecule has 22 heavy (non-hydrogen) atoms. The summed E-state index contributed by atoms with van der Waals surface area (Å²) in [5.74, 6) is -0.0589. The second-order valence-electron chi connectivity index (χ2n) is 4.42. The Balaban J connectivity index is 2.42. The van der Waals surface area contributed by atoms with Crippen molar-refractivity contribution in [1.29, 1.82) is 0 Å². The molecule has 1 heterocycles. The lowest BCUT2D eigenvalue weighted by atomic mass is 10.2. The van der Waals surface area contributed by atoms with Crippen molar-refractivity contribution < 1.29 is 22.7 Å². The van der Waals surface area contributed by atoms with Crippen LogP contribution in [0.25, 0.3) is 0 Å². The van der Waals surface area contributed by atoms with Gasteiger partial charge in [0.1, 0.15) is 21.3 Å². The molecule has 0 unspecified atom stereocenters. The quantitative estimate of drug-likeness (QED) is 0.657. The minimum atomic E-state index is -4.19. The maximum absolute atomic E-state index is 12.8. The number of carbonyl (C=O) groups is 2. The highest BCUT2D eigenvalue weighted by molar-refractivity contribution is 7.92. The van der Waals surface area contributed by atoms with E-state index in [0.717, 1.165) is 0 Å². The lowest BCUT2D eigenvalue weighted by molar-refractivity contribution is 0.107. The molecule has 1 aliphatic rings. The van der Waals surface area contributed by atoms with Gasteiger partial charge in [-0.05, 0) is 47.5 Å². The third-order valence-electron chi connectivity index (χ3n) is 3.14. The number of rotatable bonds is 2. The van der Waals surface area contributed by atoms with Crippen molar-refractivity contribution in [2.75, 3.05) is 0 Å². The Morgan fingerprint density at radius 3 is 1.59 bits per heavy atom. The predicted octanol–water partition coefficient (Wildman–Crippen LogP) is 3.38. The molecule has 0 aromatic heterocycles. The average Bonchev–Trinajstić information content (AvgIpc) is 2.45. The maximum Gasteiger partial charge on any atom is 0.253 e. The molecule has 0 aliphatic carbocycles.